The average molecular weight is 1870 g/mol. The number of quaternary nitrogens is 4. The molecule has 4 heterocycles. The molecule has 136 heavy (non-hydrogen) atoms. The van der Waals surface area contributed by atoms with Gasteiger partial charge < -0.3 is 36.9 Å². The summed E-state index contributed by atoms with van der Waals surface area (Å²) in [5, 5.41) is 0. The van der Waals surface area contributed by atoms with Crippen LogP contribution in [0.25, 0.3) is 0 Å². The molecule has 4 saturated heterocycles. The summed E-state index contributed by atoms with van der Waals surface area (Å²) in [4.78, 5) is 105. The highest BCUT2D eigenvalue weighted by molar-refractivity contribution is 6.02. The summed E-state index contributed by atoms with van der Waals surface area (Å²) in [6.07, 6.45) is 22.9. The maximum atomic E-state index is 13.2. The minimum absolute atomic E-state index is 0.00117. The van der Waals surface area contributed by atoms with E-state index in [0.29, 0.717) is 80.1 Å². The second-order valence-corrected chi connectivity index (χ2v) is 48.9. The lowest BCUT2D eigenvalue weighted by atomic mass is 9.64. The van der Waals surface area contributed by atoms with Crippen LogP contribution in [-0.4, -0.2) is 197 Å². The van der Waals surface area contributed by atoms with Gasteiger partial charge in [-0.3, -0.25) is 38.4 Å². The molecule has 0 bridgehead atoms. The van der Waals surface area contributed by atoms with Gasteiger partial charge in [-0.05, 0) is 226 Å². The maximum Gasteiger partial charge on any atom is 0.165 e. The Morgan fingerprint density at radius 2 is 0.706 bits per heavy atom. The van der Waals surface area contributed by atoms with Crippen LogP contribution >= 0.6 is 0 Å². The van der Waals surface area contributed by atoms with Gasteiger partial charge >= 0.3 is 0 Å². The standard InChI is InChI=1S/4C30H46NO3/c4*1-21-14-16-31(7,20-21)17-18-34-26-12-10-25(11-13-26)29(33)24(4)23(3)19-27(32)28-22(2)9-8-15-30(28,5)6/h10-13,21,23-24H,8-9,14-20H2,1-7H3;9-13,21,23-24,28H,8,14-20H2,1-7H3;8-13,21-24,28H,14-20H2,1-7H3;10-13,21,23-24,28H,2,8-9,14-20H2,1,3-7H3/q4*+1. The fourth-order valence-corrected chi connectivity index (χ4v) is 24.6. The van der Waals surface area contributed by atoms with E-state index >= 15 is 0 Å². The van der Waals surface area contributed by atoms with Crippen LogP contribution in [0.4, 0.5) is 0 Å². The number of ketones is 8. The van der Waals surface area contributed by atoms with E-state index in [-0.39, 0.29) is 133 Å². The van der Waals surface area contributed by atoms with Gasteiger partial charge in [0.2, 0.25) is 0 Å². The average Bonchev–Trinajstić information content (AvgIpc) is 1.15. The number of benzene rings is 4. The molecule has 0 spiro atoms. The number of hydrogen-bond donors (Lipinski definition) is 0. The highest BCUT2D eigenvalue weighted by atomic mass is 16.5. The molecule has 4 aliphatic carbocycles. The van der Waals surface area contributed by atoms with Gasteiger partial charge in [-0.15, -0.1) is 0 Å². The predicted molar refractivity (Wildman–Crippen MR) is 556 cm³/mol. The molecule has 20 unspecified atom stereocenters. The number of nitrogens with zero attached hydrogens (tertiary/aromatic N) is 4. The van der Waals surface area contributed by atoms with Crippen LogP contribution in [-0.2, 0) is 19.2 Å². The Bertz CT molecular complexity index is 4770. The second-order valence-electron chi connectivity index (χ2n) is 48.9. The molecule has 16 nitrogen and oxygen atoms in total. The SMILES string of the molecule is C=C1CCCC(C)(C)C1C(=O)CC(C)C(C)C(=O)c1ccc(OCC[N+]2(C)CCC(C)C2)cc1.CC1=C(C(=O)CC(C)C(C)C(=O)c2ccc(OCC[N+]3(C)CCC(C)C3)cc2)C(C)(C)CCC1.CC1=CCCC(C)(C)C1C(=O)CC(C)C(C)C(=O)c1ccc(OCC[N+]2(C)CCC(C)C2)cc1.CC1CC[N+](C)(CCOc2ccc(C(=O)C(C)C(C)CC(=O)C3C(C)C=CCC3(C)C)cc2)C1. The summed E-state index contributed by atoms with van der Waals surface area (Å²) in [6.45, 7) is 69.9. The first kappa shape index (κ1) is 112. The minimum Gasteiger partial charge on any atom is -0.488 e. The van der Waals surface area contributed by atoms with E-state index in [1.807, 2.05) is 152 Å². The van der Waals surface area contributed by atoms with Crippen LogP contribution < -0.4 is 18.9 Å². The molecule has 5 fully saturated rings. The van der Waals surface area contributed by atoms with Crippen molar-refractivity contribution >= 4 is 46.3 Å². The van der Waals surface area contributed by atoms with Crippen LogP contribution in [0.15, 0.2) is 144 Å². The minimum atomic E-state index is -0.211. The lowest BCUT2D eigenvalue weighted by Gasteiger charge is -2.39. The summed E-state index contributed by atoms with van der Waals surface area (Å²) in [5.74, 6) is 7.22. The van der Waals surface area contributed by atoms with Crippen LogP contribution in [0, 0.1) is 116 Å². The largest absolute Gasteiger partial charge is 0.488 e. The molecule has 4 aromatic rings. The Morgan fingerprint density at radius 3 is 1.01 bits per heavy atom. The van der Waals surface area contributed by atoms with Gasteiger partial charge in [-0.2, -0.15) is 0 Å². The number of likely N-dealkylation sites (N-methyl/N-ethyl adjacent to an activating group) is 4. The molecule has 12 rings (SSSR count). The number of hydrogen-bond acceptors (Lipinski definition) is 12. The van der Waals surface area contributed by atoms with E-state index in [9.17, 15) is 38.4 Å². The number of ether oxygens (including phenoxy) is 4. The molecule has 1 saturated carbocycles. The van der Waals surface area contributed by atoms with Crippen LogP contribution in [0.3, 0.4) is 0 Å². The van der Waals surface area contributed by atoms with Crippen LogP contribution in [0.1, 0.15) is 310 Å². The molecule has 752 valence electrons. The third kappa shape index (κ3) is 31.1. The van der Waals surface area contributed by atoms with Crippen molar-refractivity contribution < 1.29 is 75.2 Å². The molecule has 4 aliphatic heterocycles. The Kier molecular flexibility index (Phi) is 40.0. The van der Waals surface area contributed by atoms with Gasteiger partial charge in [0, 0.05) is 139 Å². The smallest absolute Gasteiger partial charge is 0.165 e. The lowest BCUT2D eigenvalue weighted by molar-refractivity contribution is -0.899. The topological polar surface area (TPSA) is 173 Å². The lowest BCUT2D eigenvalue weighted by Crippen LogP contribution is -2.44. The van der Waals surface area contributed by atoms with E-state index in [2.05, 4.69) is 157 Å². The number of carbonyl (C=O) groups excluding carboxylic acids is 8. The zero-order valence-electron chi connectivity index (χ0n) is 89.9. The summed E-state index contributed by atoms with van der Waals surface area (Å²) in [5.41, 5.74) is 7.14. The van der Waals surface area contributed by atoms with Crippen molar-refractivity contribution in [3.63, 3.8) is 0 Å². The fourth-order valence-electron chi connectivity index (χ4n) is 24.6. The van der Waals surface area contributed by atoms with Gasteiger partial charge in [0.05, 0.1) is 80.5 Å². The molecular formula is C120H184N4O12+4. The van der Waals surface area contributed by atoms with Crippen molar-refractivity contribution in [1.29, 1.82) is 0 Å². The van der Waals surface area contributed by atoms with Crippen molar-refractivity contribution in [3.05, 3.63) is 166 Å². The van der Waals surface area contributed by atoms with E-state index in [1.54, 1.807) is 0 Å². The molecule has 0 aromatic heterocycles. The van der Waals surface area contributed by atoms with E-state index < -0.39 is 0 Å². The number of Topliss-reactive ketones (excluding diaryl/α,β-unsaturated/α-hetero) is 8. The zero-order chi connectivity index (χ0) is 100. The van der Waals surface area contributed by atoms with Gasteiger partial charge in [-0.25, -0.2) is 0 Å². The van der Waals surface area contributed by atoms with Gasteiger partial charge in [0.1, 0.15) is 93.0 Å². The normalized spacial score (nSPS) is 28.2. The Labute approximate surface area is 823 Å². The number of allylic oxidation sites excluding steroid dienone is 7. The van der Waals surface area contributed by atoms with Crippen molar-refractivity contribution in [2.75, 3.05) is 133 Å². The quantitative estimate of drug-likeness (QED) is 0.0235. The Balaban J connectivity index is 0.000000203. The maximum absolute atomic E-state index is 13.2. The molecule has 0 amide bonds. The van der Waals surface area contributed by atoms with Crippen molar-refractivity contribution in [2.45, 2.75) is 268 Å². The van der Waals surface area contributed by atoms with E-state index in [4.69, 9.17) is 18.9 Å². The molecule has 0 N–H and O–H groups in total. The molecule has 0 radical (unpaired) electrons. The summed E-state index contributed by atoms with van der Waals surface area (Å²) in [7, 11) is 9.26. The Morgan fingerprint density at radius 1 is 0.397 bits per heavy atom. The highest BCUT2D eigenvalue weighted by Crippen LogP contribution is 2.48. The summed E-state index contributed by atoms with van der Waals surface area (Å²) >= 11 is 0. The third-order valence-corrected chi connectivity index (χ3v) is 34.1. The number of carbonyl (C=O) groups is 8. The van der Waals surface area contributed by atoms with Crippen LogP contribution in [0.5, 0.6) is 23.0 Å². The predicted octanol–water partition coefficient (Wildman–Crippen LogP) is 25.4. The first-order chi connectivity index (χ1) is 63.7. The summed E-state index contributed by atoms with van der Waals surface area (Å²) < 4.78 is 28.3. The number of likely N-dealkylation sites (tertiary alicyclic amines) is 4. The van der Waals surface area contributed by atoms with Crippen LogP contribution in [0.2, 0.25) is 0 Å². The third-order valence-electron chi connectivity index (χ3n) is 34.1. The molecular weight excluding hydrogens is 1690 g/mol. The van der Waals surface area contributed by atoms with Gasteiger partial charge in [0.15, 0.2) is 28.9 Å². The molecule has 4 aromatic carbocycles. The second kappa shape index (κ2) is 48.6. The molecule has 20 atom stereocenters. The molecule has 8 aliphatic rings. The first-order valence-corrected chi connectivity index (χ1v) is 52.9. The van der Waals surface area contributed by atoms with Gasteiger partial charge in [-0.1, -0.05) is 187 Å². The Hall–Kier alpha value is -7.76. The van der Waals surface area contributed by atoms with Crippen molar-refractivity contribution in [3.8, 4) is 23.0 Å². The van der Waals surface area contributed by atoms with E-state index in [0.717, 1.165) is 160 Å². The first-order valence-electron chi connectivity index (χ1n) is 52.9. The highest BCUT2D eigenvalue weighted by Gasteiger charge is 2.45. The van der Waals surface area contributed by atoms with Crippen molar-refractivity contribution in [2.24, 2.45) is 116 Å². The van der Waals surface area contributed by atoms with Crippen molar-refractivity contribution in [1.82, 2.24) is 0 Å². The zero-order valence-corrected chi connectivity index (χ0v) is 89.9. The summed E-state index contributed by atoms with van der Waals surface area (Å²) in [6, 6.07) is 30.2. The molecule has 16 heteroatoms. The van der Waals surface area contributed by atoms with E-state index in [1.165, 1.54) is 89.2 Å². The van der Waals surface area contributed by atoms with Gasteiger partial charge in [0.25, 0.3) is 0 Å². The number of rotatable bonds is 40. The fraction of sp³-hybridized carbons (Fsp3) is 0.667. The monoisotopic (exact) mass is 1870 g/mol.